The summed E-state index contributed by atoms with van der Waals surface area (Å²) in [7, 11) is 0. The van der Waals surface area contributed by atoms with E-state index in [0.717, 1.165) is 0 Å². The Bertz CT molecular complexity index is 1180. The number of carboxylic acid groups (broad SMARTS) is 2. The molecule has 170 valence electrons. The predicted molar refractivity (Wildman–Crippen MR) is 125 cm³/mol. The number of carboxylic acids is 2. The summed E-state index contributed by atoms with van der Waals surface area (Å²) >= 11 is -1.41. The monoisotopic (exact) mass is 474 g/mol. The average Bonchev–Trinajstić information content (AvgIpc) is 2.85. The van der Waals surface area contributed by atoms with Crippen molar-refractivity contribution < 1.29 is 33.8 Å². The summed E-state index contributed by atoms with van der Waals surface area (Å²) in [6, 6.07) is 25.7. The quantitative estimate of drug-likeness (QED) is 0.308. The maximum Gasteiger partial charge on any atom is 0.335 e. The molecule has 0 unspecified atom stereocenters. The van der Waals surface area contributed by atoms with Crippen molar-refractivity contribution in [3.63, 3.8) is 0 Å². The molecule has 2 N–H and O–H groups in total. The average molecular weight is 474 g/mol. The molecule has 0 saturated heterocycles. The van der Waals surface area contributed by atoms with E-state index in [0.29, 0.717) is 32.8 Å². The zero-order chi connectivity index (χ0) is 24.1. The van der Waals surface area contributed by atoms with Crippen molar-refractivity contribution in [3.8, 4) is 23.0 Å². The van der Waals surface area contributed by atoms with Crippen molar-refractivity contribution in [3.05, 3.63) is 108 Å². The van der Waals surface area contributed by atoms with Crippen molar-refractivity contribution in [2.24, 2.45) is 0 Å². The predicted octanol–water partition coefficient (Wildman–Crippen LogP) is 5.83. The van der Waals surface area contributed by atoms with Gasteiger partial charge in [0.2, 0.25) is 0 Å². The number of rotatable bonds is 8. The highest BCUT2D eigenvalue weighted by molar-refractivity contribution is 7.91. The lowest BCUT2D eigenvalue weighted by Gasteiger charge is -2.12. The highest BCUT2D eigenvalue weighted by atomic mass is 32.2. The van der Waals surface area contributed by atoms with Gasteiger partial charge in [-0.05, 0) is 97.1 Å². The van der Waals surface area contributed by atoms with Crippen LogP contribution in [0.3, 0.4) is 0 Å². The molecule has 0 bridgehead atoms. The van der Waals surface area contributed by atoms with Gasteiger partial charge >= 0.3 is 11.9 Å². The summed E-state index contributed by atoms with van der Waals surface area (Å²) in [5.74, 6) is 0.0295. The molecule has 0 saturated carbocycles. The van der Waals surface area contributed by atoms with Gasteiger partial charge in [0.25, 0.3) is 0 Å². The van der Waals surface area contributed by atoms with Crippen LogP contribution < -0.4 is 9.47 Å². The molecule has 0 aliphatic carbocycles. The largest absolute Gasteiger partial charge is 0.606 e. The lowest BCUT2D eigenvalue weighted by Crippen LogP contribution is -2.02. The van der Waals surface area contributed by atoms with Crippen LogP contribution in [0.1, 0.15) is 20.7 Å². The minimum atomic E-state index is -1.41. The first-order valence-corrected chi connectivity index (χ1v) is 11.2. The fourth-order valence-corrected chi connectivity index (χ4v) is 4.04. The molecule has 34 heavy (non-hydrogen) atoms. The molecule has 0 aliphatic heterocycles. The van der Waals surface area contributed by atoms with Gasteiger partial charge in [0.1, 0.15) is 23.0 Å². The smallest absolute Gasteiger partial charge is 0.335 e. The van der Waals surface area contributed by atoms with E-state index in [1.54, 1.807) is 72.8 Å². The number of aromatic carboxylic acids is 2. The van der Waals surface area contributed by atoms with Gasteiger partial charge < -0.3 is 24.2 Å². The molecule has 8 heteroatoms. The van der Waals surface area contributed by atoms with Crippen molar-refractivity contribution in [1.82, 2.24) is 0 Å². The third-order valence-corrected chi connectivity index (χ3v) is 6.15. The van der Waals surface area contributed by atoms with Crippen LogP contribution in [-0.4, -0.2) is 26.7 Å². The van der Waals surface area contributed by atoms with E-state index < -0.39 is 23.1 Å². The minimum Gasteiger partial charge on any atom is -0.606 e. The summed E-state index contributed by atoms with van der Waals surface area (Å²) in [6.07, 6.45) is 0. The Kier molecular flexibility index (Phi) is 6.82. The molecule has 0 atom stereocenters. The van der Waals surface area contributed by atoms with Gasteiger partial charge in [0, 0.05) is 11.2 Å². The Labute approximate surface area is 198 Å². The fraction of sp³-hybridized carbons (Fsp3) is 0. The number of ether oxygens (including phenoxy) is 2. The normalized spacial score (nSPS) is 10.6. The zero-order valence-corrected chi connectivity index (χ0v) is 18.4. The first-order valence-electron chi connectivity index (χ1n) is 10.0. The van der Waals surface area contributed by atoms with E-state index in [9.17, 15) is 14.1 Å². The highest BCUT2D eigenvalue weighted by Gasteiger charge is 2.15. The lowest BCUT2D eigenvalue weighted by atomic mass is 10.2. The van der Waals surface area contributed by atoms with Crippen LogP contribution in [-0.2, 0) is 11.2 Å². The number of hydrogen-bond donors (Lipinski definition) is 2. The van der Waals surface area contributed by atoms with Crippen molar-refractivity contribution in [2.75, 3.05) is 0 Å². The van der Waals surface area contributed by atoms with Crippen molar-refractivity contribution in [2.45, 2.75) is 9.79 Å². The second-order valence-electron chi connectivity index (χ2n) is 7.07. The molecule has 0 fully saturated rings. The second kappa shape index (κ2) is 10.1. The Hall–Kier alpha value is -4.27. The molecule has 0 heterocycles. The van der Waals surface area contributed by atoms with Crippen LogP contribution in [0.4, 0.5) is 0 Å². The zero-order valence-electron chi connectivity index (χ0n) is 17.6. The number of hydrogen-bond acceptors (Lipinski definition) is 5. The van der Waals surface area contributed by atoms with Gasteiger partial charge in [0.05, 0.1) is 11.1 Å². The molecule has 4 rings (SSSR count). The summed E-state index contributed by atoms with van der Waals surface area (Å²) in [5, 5.41) is 17.9. The lowest BCUT2D eigenvalue weighted by molar-refractivity contribution is 0.0686. The van der Waals surface area contributed by atoms with Gasteiger partial charge in [-0.2, -0.15) is 0 Å². The molecule has 4 aromatic rings. The summed E-state index contributed by atoms with van der Waals surface area (Å²) in [4.78, 5) is 23.0. The van der Waals surface area contributed by atoms with E-state index in [-0.39, 0.29) is 11.1 Å². The summed E-state index contributed by atoms with van der Waals surface area (Å²) in [5.41, 5.74) is 0.344. The molecule has 7 nitrogen and oxygen atoms in total. The molecule has 0 aromatic heterocycles. The Balaban J connectivity index is 1.38. The highest BCUT2D eigenvalue weighted by Crippen LogP contribution is 2.28. The number of carbonyl (C=O) groups is 2. The van der Waals surface area contributed by atoms with E-state index in [1.165, 1.54) is 24.3 Å². The molecule has 0 amide bonds. The second-order valence-corrected chi connectivity index (χ2v) is 8.55. The van der Waals surface area contributed by atoms with Crippen LogP contribution in [0.5, 0.6) is 23.0 Å². The standard InChI is InChI=1S/C26H18O7S/c27-25(28)17-1-5-19(6-2-17)32-21-9-13-23(14-10-21)34(31)24-15-11-22(12-16-24)33-20-7-3-18(4-8-20)26(29)30/h1-16H,(H,27,28)(H,29,30). The van der Waals surface area contributed by atoms with Crippen molar-refractivity contribution in [1.29, 1.82) is 0 Å². The van der Waals surface area contributed by atoms with Gasteiger partial charge in [-0.1, -0.05) is 0 Å². The van der Waals surface area contributed by atoms with Crippen LogP contribution in [0.15, 0.2) is 107 Å². The Morgan fingerprint density at radius 2 is 0.794 bits per heavy atom. The summed E-state index contributed by atoms with van der Waals surface area (Å²) in [6.45, 7) is 0. The van der Waals surface area contributed by atoms with Gasteiger partial charge in [-0.15, -0.1) is 0 Å². The number of benzene rings is 4. The molecule has 0 aliphatic rings. The van der Waals surface area contributed by atoms with Crippen LogP contribution in [0, 0.1) is 0 Å². The first-order chi connectivity index (χ1) is 16.4. The minimum absolute atomic E-state index is 0.172. The first kappa shape index (κ1) is 22.9. The molecule has 4 aromatic carbocycles. The topological polar surface area (TPSA) is 116 Å². The van der Waals surface area contributed by atoms with Gasteiger partial charge in [-0.25, -0.2) is 9.59 Å². The molecule has 0 radical (unpaired) electrons. The SMILES string of the molecule is O=C(O)c1ccc(Oc2ccc([S+]([O-])c3ccc(Oc4ccc(C(=O)O)cc4)cc3)cc2)cc1. The Morgan fingerprint density at radius 3 is 1.06 bits per heavy atom. The summed E-state index contributed by atoms with van der Waals surface area (Å²) < 4.78 is 24.3. The van der Waals surface area contributed by atoms with Gasteiger partial charge in [0.15, 0.2) is 9.79 Å². The van der Waals surface area contributed by atoms with E-state index >= 15 is 0 Å². The molecular formula is C26H18O7S. The molecular weight excluding hydrogens is 456 g/mol. The maximum absolute atomic E-state index is 12.9. The van der Waals surface area contributed by atoms with Gasteiger partial charge in [-0.3, -0.25) is 0 Å². The van der Waals surface area contributed by atoms with Crippen LogP contribution in [0.25, 0.3) is 0 Å². The van der Waals surface area contributed by atoms with Crippen molar-refractivity contribution >= 4 is 23.1 Å². The van der Waals surface area contributed by atoms with E-state index in [4.69, 9.17) is 19.7 Å². The third kappa shape index (κ3) is 5.55. The Morgan fingerprint density at radius 1 is 0.529 bits per heavy atom. The third-order valence-electron chi connectivity index (χ3n) is 4.75. The van der Waals surface area contributed by atoms with E-state index in [1.807, 2.05) is 0 Å². The fourth-order valence-electron chi connectivity index (χ4n) is 3.00. The van der Waals surface area contributed by atoms with Crippen LogP contribution in [0.2, 0.25) is 0 Å². The van der Waals surface area contributed by atoms with Crippen LogP contribution >= 0.6 is 0 Å². The van der Waals surface area contributed by atoms with E-state index in [2.05, 4.69) is 0 Å². The molecule has 0 spiro atoms. The maximum atomic E-state index is 12.9.